The van der Waals surface area contributed by atoms with Crippen LogP contribution in [0.5, 0.6) is 0 Å². The van der Waals surface area contributed by atoms with Gasteiger partial charge in [-0.15, -0.1) is 0 Å². The van der Waals surface area contributed by atoms with Gasteiger partial charge >= 0.3 is 0 Å². The molecule has 0 saturated heterocycles. The Kier molecular flexibility index (Phi) is 4.83. The summed E-state index contributed by atoms with van der Waals surface area (Å²) in [5.41, 5.74) is -0.423. The molecule has 0 aromatic carbocycles. The summed E-state index contributed by atoms with van der Waals surface area (Å²) in [4.78, 5) is 0. The van der Waals surface area contributed by atoms with Crippen molar-refractivity contribution < 1.29 is 4.39 Å². The Hall–Kier alpha value is -2.63. The quantitative estimate of drug-likeness (QED) is 0.481. The number of hydrogen-bond acceptors (Lipinski definition) is 4. The second-order valence-corrected chi connectivity index (χ2v) is 2.07. The summed E-state index contributed by atoms with van der Waals surface area (Å²) in [5.74, 6) is -2.17. The number of allylic oxidation sites excluding steroid dienone is 4. The molecule has 0 atom stereocenters. The largest absolute Gasteiger partial charge is 0.207 e. The topological polar surface area (TPSA) is 95.2 Å². The van der Waals surface area contributed by atoms with Gasteiger partial charge in [-0.05, 0) is 6.08 Å². The zero-order chi connectivity index (χ0) is 11.0. The van der Waals surface area contributed by atoms with Crippen LogP contribution in [-0.4, -0.2) is 0 Å². The Morgan fingerprint density at radius 3 is 1.93 bits per heavy atom. The van der Waals surface area contributed by atoms with E-state index >= 15 is 0 Å². The van der Waals surface area contributed by atoms with Crippen LogP contribution in [-0.2, 0) is 0 Å². The molecule has 5 heteroatoms. The van der Waals surface area contributed by atoms with Crippen molar-refractivity contribution in [2.45, 2.75) is 0 Å². The van der Waals surface area contributed by atoms with E-state index in [2.05, 4.69) is 0 Å². The molecule has 4 nitrogen and oxygen atoms in total. The normalized spacial score (nSPS) is 9.14. The Morgan fingerprint density at radius 2 is 1.57 bits per heavy atom. The average Bonchev–Trinajstić information content (AvgIpc) is 2.22. The van der Waals surface area contributed by atoms with Crippen molar-refractivity contribution in [1.29, 1.82) is 21.0 Å². The first kappa shape index (κ1) is 11.4. The van der Waals surface area contributed by atoms with E-state index in [1.807, 2.05) is 0 Å². The van der Waals surface area contributed by atoms with Crippen LogP contribution in [0.2, 0.25) is 0 Å². The van der Waals surface area contributed by atoms with E-state index < -0.39 is 17.3 Å². The highest BCUT2D eigenvalue weighted by Gasteiger charge is 2.03. The predicted molar refractivity (Wildman–Crippen MR) is 43.2 cm³/mol. The monoisotopic (exact) mass is 186 g/mol. The van der Waals surface area contributed by atoms with Crippen molar-refractivity contribution in [2.75, 3.05) is 0 Å². The summed E-state index contributed by atoms with van der Waals surface area (Å²) in [6.45, 7) is 0. The molecule has 66 valence electrons. The lowest BCUT2D eigenvalue weighted by Crippen LogP contribution is -1.87. The Labute approximate surface area is 80.0 Å². The standard InChI is InChI=1S/C9H3FN4/c10-9(1-7(3-11)4-12)2-8(5-13)6-14/h1-2,7H/b9-1+. The minimum atomic E-state index is -1.22. The molecule has 14 heavy (non-hydrogen) atoms. The van der Waals surface area contributed by atoms with Crippen LogP contribution in [0.1, 0.15) is 0 Å². The molecule has 0 rings (SSSR count). The molecule has 0 aliphatic rings. The molecule has 0 aromatic rings. The number of nitrogens with zero attached hydrogens (tertiary/aromatic N) is 4. The number of halogens is 1. The molecule has 0 bridgehead atoms. The van der Waals surface area contributed by atoms with Gasteiger partial charge in [0.05, 0.1) is 12.1 Å². The summed E-state index contributed by atoms with van der Waals surface area (Å²) in [6.07, 6.45) is 1.40. The van der Waals surface area contributed by atoms with Crippen LogP contribution in [0.25, 0.3) is 0 Å². The van der Waals surface area contributed by atoms with Gasteiger partial charge in [0.25, 0.3) is 0 Å². The molecule has 0 spiro atoms. The molecular weight excluding hydrogens is 183 g/mol. The van der Waals surface area contributed by atoms with Gasteiger partial charge in [0.1, 0.15) is 23.5 Å². The molecule has 0 aromatic heterocycles. The van der Waals surface area contributed by atoms with Gasteiger partial charge < -0.3 is 0 Å². The fraction of sp³-hybridized carbons (Fsp3) is 0.111. The Bertz CT molecular complexity index is 403. The van der Waals surface area contributed by atoms with Crippen LogP contribution in [0.4, 0.5) is 4.39 Å². The van der Waals surface area contributed by atoms with Crippen molar-refractivity contribution >= 4 is 0 Å². The summed E-state index contributed by atoms with van der Waals surface area (Å²) >= 11 is 0. The Balaban J connectivity index is 4.87. The smallest absolute Gasteiger partial charge is 0.154 e. The van der Waals surface area contributed by atoms with Gasteiger partial charge in [0.2, 0.25) is 0 Å². The fourth-order valence-corrected chi connectivity index (χ4v) is 0.538. The van der Waals surface area contributed by atoms with E-state index in [0.717, 1.165) is 6.08 Å². The third-order valence-corrected chi connectivity index (χ3v) is 1.13. The summed E-state index contributed by atoms with van der Waals surface area (Å²) in [7, 11) is 0. The van der Waals surface area contributed by atoms with Crippen LogP contribution in [0, 0.1) is 51.2 Å². The fourth-order valence-electron chi connectivity index (χ4n) is 0.538. The SMILES string of the molecule is N#CC(C#N)=C/C(F)=C\C(C#N)C#N. The van der Waals surface area contributed by atoms with E-state index in [1.165, 1.54) is 24.3 Å². The van der Waals surface area contributed by atoms with E-state index in [9.17, 15) is 4.39 Å². The number of hydrogen-bond donors (Lipinski definition) is 0. The van der Waals surface area contributed by atoms with Gasteiger partial charge in [0.15, 0.2) is 5.92 Å². The zero-order valence-corrected chi connectivity index (χ0v) is 6.90. The molecule has 0 amide bonds. The first-order chi connectivity index (χ1) is 6.67. The maximum atomic E-state index is 12.8. The van der Waals surface area contributed by atoms with Gasteiger partial charge in [-0.25, -0.2) is 4.39 Å². The predicted octanol–water partition coefficient (Wildman–Crippen LogP) is 1.48. The van der Waals surface area contributed by atoms with Crippen molar-refractivity contribution in [3.05, 3.63) is 23.6 Å². The molecule has 0 N–H and O–H groups in total. The molecule has 0 aliphatic carbocycles. The lowest BCUT2D eigenvalue weighted by molar-refractivity contribution is 0.657. The maximum absolute atomic E-state index is 12.8. The van der Waals surface area contributed by atoms with Gasteiger partial charge in [-0.3, -0.25) is 0 Å². The summed E-state index contributed by atoms with van der Waals surface area (Å²) in [5, 5.41) is 33.1. The number of nitriles is 4. The van der Waals surface area contributed by atoms with Crippen LogP contribution >= 0.6 is 0 Å². The number of rotatable bonds is 2. The van der Waals surface area contributed by atoms with Crippen molar-refractivity contribution in [1.82, 2.24) is 0 Å². The van der Waals surface area contributed by atoms with Crippen LogP contribution < -0.4 is 0 Å². The van der Waals surface area contributed by atoms with E-state index in [1.54, 1.807) is 0 Å². The van der Waals surface area contributed by atoms with Gasteiger partial charge in [-0.2, -0.15) is 21.0 Å². The molecule has 0 heterocycles. The van der Waals surface area contributed by atoms with Crippen molar-refractivity contribution in [3.63, 3.8) is 0 Å². The van der Waals surface area contributed by atoms with Gasteiger partial charge in [-0.1, -0.05) is 0 Å². The molecule has 0 unspecified atom stereocenters. The second-order valence-electron chi connectivity index (χ2n) is 2.07. The Morgan fingerprint density at radius 1 is 1.07 bits per heavy atom. The van der Waals surface area contributed by atoms with Crippen LogP contribution in [0.15, 0.2) is 23.6 Å². The molecular formula is C9H3FN4. The highest BCUT2D eigenvalue weighted by Crippen LogP contribution is 2.07. The maximum Gasteiger partial charge on any atom is 0.154 e. The van der Waals surface area contributed by atoms with Crippen molar-refractivity contribution in [3.8, 4) is 24.3 Å². The first-order valence-electron chi connectivity index (χ1n) is 3.36. The minimum absolute atomic E-state index is 0.423. The first-order valence-corrected chi connectivity index (χ1v) is 3.36. The third-order valence-electron chi connectivity index (χ3n) is 1.13. The highest BCUT2D eigenvalue weighted by atomic mass is 19.1. The summed E-state index contributed by atoms with van der Waals surface area (Å²) < 4.78 is 12.8. The van der Waals surface area contributed by atoms with E-state index in [0.29, 0.717) is 6.08 Å². The zero-order valence-electron chi connectivity index (χ0n) is 6.90. The van der Waals surface area contributed by atoms with Crippen LogP contribution in [0.3, 0.4) is 0 Å². The molecule has 0 radical (unpaired) electrons. The van der Waals surface area contributed by atoms with E-state index in [4.69, 9.17) is 21.0 Å². The third kappa shape index (κ3) is 3.67. The van der Waals surface area contributed by atoms with Crippen molar-refractivity contribution in [2.24, 2.45) is 5.92 Å². The minimum Gasteiger partial charge on any atom is -0.207 e. The molecule has 0 fully saturated rings. The highest BCUT2D eigenvalue weighted by molar-refractivity contribution is 5.40. The second kappa shape index (κ2) is 5.95. The molecule has 0 saturated carbocycles. The lowest BCUT2D eigenvalue weighted by Gasteiger charge is -1.88. The molecule has 0 aliphatic heterocycles. The van der Waals surface area contributed by atoms with Gasteiger partial charge in [0, 0.05) is 6.08 Å². The van der Waals surface area contributed by atoms with E-state index in [-0.39, 0.29) is 0 Å². The summed E-state index contributed by atoms with van der Waals surface area (Å²) in [6, 6.07) is 5.93. The lowest BCUT2D eigenvalue weighted by atomic mass is 10.1. The average molecular weight is 186 g/mol.